The van der Waals surface area contributed by atoms with E-state index in [0.29, 0.717) is 18.0 Å². The lowest BCUT2D eigenvalue weighted by Gasteiger charge is -2.29. The fourth-order valence-corrected chi connectivity index (χ4v) is 4.06. The van der Waals surface area contributed by atoms with Crippen LogP contribution in [0.25, 0.3) is 0 Å². The quantitative estimate of drug-likeness (QED) is 0.489. The van der Waals surface area contributed by atoms with Gasteiger partial charge < -0.3 is 19.7 Å². The van der Waals surface area contributed by atoms with Crippen LogP contribution in [-0.4, -0.2) is 42.5 Å². The van der Waals surface area contributed by atoms with Crippen LogP contribution in [0, 0.1) is 3.57 Å². The first kappa shape index (κ1) is 23.4. The molecule has 2 aromatic rings. The van der Waals surface area contributed by atoms with Crippen molar-refractivity contribution in [3.05, 3.63) is 57.7 Å². The van der Waals surface area contributed by atoms with Crippen LogP contribution in [0.3, 0.4) is 0 Å². The minimum absolute atomic E-state index is 0.127. The van der Waals surface area contributed by atoms with Crippen molar-refractivity contribution in [2.75, 3.05) is 13.7 Å². The zero-order valence-electron chi connectivity index (χ0n) is 18.0. The number of carbonyl (C=O) groups excluding carboxylic acids is 2. The largest absolute Gasteiger partial charge is 0.497 e. The number of benzene rings is 2. The molecule has 2 aromatic carbocycles. The van der Waals surface area contributed by atoms with Crippen molar-refractivity contribution >= 4 is 34.4 Å². The van der Waals surface area contributed by atoms with E-state index in [1.54, 1.807) is 18.9 Å². The SMILES string of the molecule is COc1cccc(CN(C(=O)COc2ccc(I)cc2)[C@H](C)C(=O)NC2CCCC2)c1. The third-order valence-corrected chi connectivity index (χ3v) is 6.25. The number of amides is 2. The molecule has 0 spiro atoms. The maximum atomic E-state index is 13.1. The molecule has 1 N–H and O–H groups in total. The predicted octanol–water partition coefficient (Wildman–Crippen LogP) is 4.15. The fraction of sp³-hybridized carbons (Fsp3) is 0.417. The van der Waals surface area contributed by atoms with Crippen LogP contribution in [0.2, 0.25) is 0 Å². The Balaban J connectivity index is 1.72. The lowest BCUT2D eigenvalue weighted by molar-refractivity contribution is -0.142. The monoisotopic (exact) mass is 536 g/mol. The Kier molecular flexibility index (Phi) is 8.57. The first-order valence-corrected chi connectivity index (χ1v) is 11.7. The standard InChI is InChI=1S/C24H29IN2O4/c1-17(24(29)26-20-7-3-4-8-20)27(15-18-6-5-9-22(14-18)30-2)23(28)16-31-21-12-10-19(25)11-13-21/h5-6,9-14,17,20H,3-4,7-8,15-16H2,1-2H3,(H,26,29)/t17-/m1/s1. The summed E-state index contributed by atoms with van der Waals surface area (Å²) >= 11 is 2.22. The molecule has 0 heterocycles. The van der Waals surface area contributed by atoms with Gasteiger partial charge in [-0.1, -0.05) is 25.0 Å². The van der Waals surface area contributed by atoms with Crippen LogP contribution in [-0.2, 0) is 16.1 Å². The van der Waals surface area contributed by atoms with Gasteiger partial charge in [0.1, 0.15) is 17.5 Å². The van der Waals surface area contributed by atoms with Crippen molar-refractivity contribution in [3.8, 4) is 11.5 Å². The van der Waals surface area contributed by atoms with Crippen LogP contribution in [0.1, 0.15) is 38.2 Å². The third-order valence-electron chi connectivity index (χ3n) is 5.53. The molecule has 0 aliphatic heterocycles. The van der Waals surface area contributed by atoms with Crippen LogP contribution in [0.15, 0.2) is 48.5 Å². The summed E-state index contributed by atoms with van der Waals surface area (Å²) in [5.41, 5.74) is 0.891. The smallest absolute Gasteiger partial charge is 0.261 e. The number of ether oxygens (including phenoxy) is 2. The second-order valence-electron chi connectivity index (χ2n) is 7.78. The predicted molar refractivity (Wildman–Crippen MR) is 128 cm³/mol. The van der Waals surface area contributed by atoms with E-state index in [-0.39, 0.29) is 24.5 Å². The molecule has 2 amide bonds. The molecule has 0 radical (unpaired) electrons. The van der Waals surface area contributed by atoms with E-state index in [1.165, 1.54) is 0 Å². The molecule has 1 fully saturated rings. The van der Waals surface area contributed by atoms with Crippen molar-refractivity contribution in [3.63, 3.8) is 0 Å². The van der Waals surface area contributed by atoms with Crippen molar-refractivity contribution < 1.29 is 19.1 Å². The highest BCUT2D eigenvalue weighted by molar-refractivity contribution is 14.1. The molecule has 1 aliphatic carbocycles. The molecule has 0 saturated heterocycles. The van der Waals surface area contributed by atoms with E-state index in [1.807, 2.05) is 48.5 Å². The molecule has 1 saturated carbocycles. The lowest BCUT2D eigenvalue weighted by atomic mass is 10.1. The van der Waals surface area contributed by atoms with Gasteiger partial charge in [0.15, 0.2) is 6.61 Å². The molecule has 6 nitrogen and oxygen atoms in total. The van der Waals surface area contributed by atoms with Gasteiger partial charge in [0.05, 0.1) is 7.11 Å². The van der Waals surface area contributed by atoms with E-state index in [2.05, 4.69) is 27.9 Å². The maximum Gasteiger partial charge on any atom is 0.261 e. The molecular formula is C24H29IN2O4. The molecular weight excluding hydrogens is 507 g/mol. The fourth-order valence-electron chi connectivity index (χ4n) is 3.70. The van der Waals surface area contributed by atoms with Gasteiger partial charge in [-0.2, -0.15) is 0 Å². The summed E-state index contributed by atoms with van der Waals surface area (Å²) in [4.78, 5) is 27.6. The highest BCUT2D eigenvalue weighted by Gasteiger charge is 2.28. The summed E-state index contributed by atoms with van der Waals surface area (Å²) in [5.74, 6) is 0.967. The number of hydrogen-bond donors (Lipinski definition) is 1. The van der Waals surface area contributed by atoms with Gasteiger partial charge in [0, 0.05) is 16.2 Å². The number of nitrogens with one attached hydrogen (secondary N) is 1. The maximum absolute atomic E-state index is 13.1. The van der Waals surface area contributed by atoms with Gasteiger partial charge in [-0.3, -0.25) is 9.59 Å². The van der Waals surface area contributed by atoms with Gasteiger partial charge in [0.2, 0.25) is 5.91 Å². The highest BCUT2D eigenvalue weighted by Crippen LogP contribution is 2.20. The zero-order chi connectivity index (χ0) is 22.2. The van der Waals surface area contributed by atoms with E-state index in [0.717, 1.165) is 34.8 Å². The highest BCUT2D eigenvalue weighted by atomic mass is 127. The van der Waals surface area contributed by atoms with Crippen molar-refractivity contribution in [2.24, 2.45) is 0 Å². The van der Waals surface area contributed by atoms with Crippen LogP contribution in [0.4, 0.5) is 0 Å². The average Bonchev–Trinajstić information content (AvgIpc) is 3.29. The number of carbonyl (C=O) groups is 2. The van der Waals surface area contributed by atoms with Gasteiger partial charge in [-0.05, 0) is 84.3 Å². The Morgan fingerprint density at radius 1 is 1.13 bits per heavy atom. The Morgan fingerprint density at radius 2 is 1.84 bits per heavy atom. The van der Waals surface area contributed by atoms with E-state index >= 15 is 0 Å². The van der Waals surface area contributed by atoms with Gasteiger partial charge in [0.25, 0.3) is 5.91 Å². The minimum atomic E-state index is -0.611. The molecule has 0 bridgehead atoms. The van der Waals surface area contributed by atoms with E-state index in [4.69, 9.17) is 9.47 Å². The summed E-state index contributed by atoms with van der Waals surface area (Å²) in [5, 5.41) is 3.10. The zero-order valence-corrected chi connectivity index (χ0v) is 20.1. The molecule has 1 atom stereocenters. The third kappa shape index (κ3) is 6.85. The summed E-state index contributed by atoms with van der Waals surface area (Å²) in [6.07, 6.45) is 4.27. The Morgan fingerprint density at radius 3 is 2.52 bits per heavy atom. The van der Waals surface area contributed by atoms with Crippen LogP contribution >= 0.6 is 22.6 Å². The molecule has 0 aromatic heterocycles. The summed E-state index contributed by atoms with van der Waals surface area (Å²) in [6.45, 7) is 1.93. The summed E-state index contributed by atoms with van der Waals surface area (Å²) in [6, 6.07) is 14.6. The second-order valence-corrected chi connectivity index (χ2v) is 9.03. The molecule has 3 rings (SSSR count). The van der Waals surface area contributed by atoms with E-state index < -0.39 is 6.04 Å². The lowest BCUT2D eigenvalue weighted by Crippen LogP contribution is -2.50. The Labute approximate surface area is 197 Å². The summed E-state index contributed by atoms with van der Waals surface area (Å²) in [7, 11) is 1.61. The first-order valence-electron chi connectivity index (χ1n) is 10.6. The van der Waals surface area contributed by atoms with Crippen LogP contribution in [0.5, 0.6) is 11.5 Å². The number of rotatable bonds is 9. The van der Waals surface area contributed by atoms with Gasteiger partial charge in [-0.15, -0.1) is 0 Å². The Bertz CT molecular complexity index is 881. The van der Waals surface area contributed by atoms with Crippen molar-refractivity contribution in [2.45, 2.75) is 51.2 Å². The minimum Gasteiger partial charge on any atom is -0.497 e. The summed E-state index contributed by atoms with van der Waals surface area (Å²) < 4.78 is 12.1. The average molecular weight is 536 g/mol. The van der Waals surface area contributed by atoms with Crippen molar-refractivity contribution in [1.82, 2.24) is 10.2 Å². The van der Waals surface area contributed by atoms with Gasteiger partial charge in [-0.25, -0.2) is 0 Å². The molecule has 31 heavy (non-hydrogen) atoms. The molecule has 166 valence electrons. The normalized spacial score (nSPS) is 14.7. The van der Waals surface area contributed by atoms with Crippen LogP contribution < -0.4 is 14.8 Å². The number of nitrogens with zero attached hydrogens (tertiary/aromatic N) is 1. The number of methoxy groups -OCH3 is 1. The molecule has 7 heteroatoms. The van der Waals surface area contributed by atoms with E-state index in [9.17, 15) is 9.59 Å². The number of hydrogen-bond acceptors (Lipinski definition) is 4. The molecule has 0 unspecified atom stereocenters. The first-order chi connectivity index (χ1) is 15.0. The topological polar surface area (TPSA) is 67.9 Å². The Hall–Kier alpha value is -2.29. The second kappa shape index (κ2) is 11.4. The molecule has 1 aliphatic rings. The van der Waals surface area contributed by atoms with Crippen molar-refractivity contribution in [1.29, 1.82) is 0 Å². The number of halogens is 1. The van der Waals surface area contributed by atoms with Gasteiger partial charge >= 0.3 is 0 Å².